The molecule has 144 valence electrons. The van der Waals surface area contributed by atoms with Crippen LogP contribution >= 0.6 is 0 Å². The molecule has 0 fully saturated rings. The van der Waals surface area contributed by atoms with Crippen LogP contribution in [-0.2, 0) is 12.4 Å². The van der Waals surface area contributed by atoms with E-state index in [1.165, 1.54) is 31.2 Å². The van der Waals surface area contributed by atoms with Gasteiger partial charge in [-0.2, -0.15) is 31.3 Å². The highest BCUT2D eigenvalue weighted by Crippen LogP contribution is 2.35. The van der Waals surface area contributed by atoms with Gasteiger partial charge in [-0.05, 0) is 24.3 Å². The van der Waals surface area contributed by atoms with Crippen molar-refractivity contribution in [3.8, 4) is 5.88 Å². The van der Waals surface area contributed by atoms with Gasteiger partial charge in [0.05, 0.1) is 12.7 Å². The van der Waals surface area contributed by atoms with Crippen molar-refractivity contribution < 1.29 is 31.1 Å². The highest BCUT2D eigenvalue weighted by molar-refractivity contribution is 5.73. The van der Waals surface area contributed by atoms with Crippen molar-refractivity contribution in [3.05, 3.63) is 35.7 Å². The molecular weight excluding hydrogens is 380 g/mol. The van der Waals surface area contributed by atoms with E-state index in [0.29, 0.717) is 5.69 Å². The third-order valence-corrected chi connectivity index (χ3v) is 3.64. The van der Waals surface area contributed by atoms with E-state index in [1.807, 2.05) is 4.98 Å². The van der Waals surface area contributed by atoms with Crippen molar-refractivity contribution in [2.24, 2.45) is 0 Å². The number of H-pyrrole nitrogens is 1. The van der Waals surface area contributed by atoms with Gasteiger partial charge in [0.25, 0.3) is 5.88 Å². The molecule has 0 saturated heterocycles. The fourth-order valence-corrected chi connectivity index (χ4v) is 2.30. The number of aromatic nitrogens is 4. The van der Waals surface area contributed by atoms with Gasteiger partial charge in [0.1, 0.15) is 0 Å². The molecule has 1 N–H and O–H groups in total. The fourth-order valence-electron chi connectivity index (χ4n) is 2.30. The molecule has 0 aliphatic heterocycles. The predicted octanol–water partition coefficient (Wildman–Crippen LogP) is 4.17. The van der Waals surface area contributed by atoms with Gasteiger partial charge in [0.15, 0.2) is 11.5 Å². The number of hydrogen-bond acceptors (Lipinski definition) is 5. The first-order valence-electron chi connectivity index (χ1n) is 7.30. The molecule has 0 unspecified atom stereocenters. The first-order chi connectivity index (χ1) is 12.5. The first kappa shape index (κ1) is 18.7. The van der Waals surface area contributed by atoms with Gasteiger partial charge < -0.3 is 14.6 Å². The number of alkyl halides is 6. The lowest BCUT2D eigenvalue weighted by Crippen LogP contribution is -2.14. The van der Waals surface area contributed by atoms with E-state index in [2.05, 4.69) is 15.0 Å². The second-order valence-corrected chi connectivity index (χ2v) is 5.42. The molecule has 3 rings (SSSR count). The zero-order chi connectivity index (χ0) is 20.0. The average Bonchev–Trinajstić information content (AvgIpc) is 3.02. The molecule has 0 aliphatic rings. The van der Waals surface area contributed by atoms with E-state index in [4.69, 9.17) is 4.74 Å². The monoisotopic (exact) mass is 391 g/mol. The number of methoxy groups -OCH3 is 1. The smallest absolute Gasteiger partial charge is 0.449 e. The first-order valence-corrected chi connectivity index (χ1v) is 7.30. The summed E-state index contributed by atoms with van der Waals surface area (Å²) in [5.74, 6) is -1.40. The lowest BCUT2D eigenvalue weighted by atomic mass is 10.2. The summed E-state index contributed by atoms with van der Waals surface area (Å²) in [7, 11) is 2.69. The van der Waals surface area contributed by atoms with E-state index in [9.17, 15) is 26.3 Å². The predicted molar refractivity (Wildman–Crippen MR) is 82.7 cm³/mol. The Hall–Kier alpha value is -3.05. The summed E-state index contributed by atoms with van der Waals surface area (Å²) < 4.78 is 81.4. The normalized spacial score (nSPS) is 12.4. The number of rotatable bonds is 3. The van der Waals surface area contributed by atoms with Crippen LogP contribution in [0.15, 0.2) is 24.3 Å². The molecule has 0 aliphatic carbocycles. The Morgan fingerprint density at radius 2 is 1.56 bits per heavy atom. The molecule has 0 bridgehead atoms. The van der Waals surface area contributed by atoms with Gasteiger partial charge in [0, 0.05) is 12.7 Å². The maximum atomic E-state index is 12.8. The van der Waals surface area contributed by atoms with Crippen molar-refractivity contribution >= 4 is 22.8 Å². The summed E-state index contributed by atoms with van der Waals surface area (Å²) in [5.41, 5.74) is -1.08. The minimum Gasteiger partial charge on any atom is -0.478 e. The average molecular weight is 391 g/mol. The summed E-state index contributed by atoms with van der Waals surface area (Å²) in [6.07, 6.45) is -9.20. The SMILES string of the molecule is COc1nc2nc(C(F)(F)F)[nH]c2nc1N(C)c1ccc(C(F)(F)F)cc1. The standard InChI is InChI=1S/C15H11F6N5O/c1-26(8-5-3-7(4-6-8)14(16,17)18)11-12(27-2)23-10-9(22-11)24-13(25-10)15(19,20)21/h3-6H,1-2H3,(H,22,23,24,25). The summed E-state index contributed by atoms with van der Waals surface area (Å²) in [6, 6.07) is 4.15. The Labute approximate surface area is 147 Å². The largest absolute Gasteiger partial charge is 0.478 e. The van der Waals surface area contributed by atoms with Crippen LogP contribution in [0.3, 0.4) is 0 Å². The van der Waals surface area contributed by atoms with Crippen LogP contribution in [0.2, 0.25) is 0 Å². The molecule has 0 atom stereocenters. The minimum absolute atomic E-state index is 0.00198. The molecule has 0 spiro atoms. The number of nitrogens with zero attached hydrogens (tertiary/aromatic N) is 4. The van der Waals surface area contributed by atoms with E-state index < -0.39 is 23.7 Å². The topological polar surface area (TPSA) is 66.9 Å². The van der Waals surface area contributed by atoms with Crippen LogP contribution in [0.5, 0.6) is 5.88 Å². The second-order valence-electron chi connectivity index (χ2n) is 5.42. The maximum Gasteiger partial charge on any atom is 0.449 e. The Morgan fingerprint density at radius 3 is 2.07 bits per heavy atom. The number of imidazole rings is 1. The molecule has 0 saturated carbocycles. The van der Waals surface area contributed by atoms with Crippen LogP contribution in [0, 0.1) is 0 Å². The molecule has 2 aromatic heterocycles. The molecule has 12 heteroatoms. The van der Waals surface area contributed by atoms with Gasteiger partial charge in [-0.3, -0.25) is 0 Å². The van der Waals surface area contributed by atoms with Gasteiger partial charge >= 0.3 is 12.4 Å². The molecule has 6 nitrogen and oxygen atoms in total. The van der Waals surface area contributed by atoms with Gasteiger partial charge in [-0.15, -0.1) is 0 Å². The number of hydrogen-bond donors (Lipinski definition) is 1. The van der Waals surface area contributed by atoms with E-state index >= 15 is 0 Å². The summed E-state index contributed by atoms with van der Waals surface area (Å²) >= 11 is 0. The number of halogens is 6. The molecule has 1 aromatic carbocycles. The molecule has 0 amide bonds. The van der Waals surface area contributed by atoms with E-state index in [0.717, 1.165) is 12.1 Å². The van der Waals surface area contributed by atoms with Crippen LogP contribution in [0.25, 0.3) is 11.3 Å². The van der Waals surface area contributed by atoms with E-state index in [-0.39, 0.29) is 23.0 Å². The number of nitrogens with one attached hydrogen (secondary N) is 1. The van der Waals surface area contributed by atoms with Crippen LogP contribution < -0.4 is 9.64 Å². The van der Waals surface area contributed by atoms with Crippen molar-refractivity contribution in [1.82, 2.24) is 19.9 Å². The summed E-state index contributed by atoms with van der Waals surface area (Å²) in [6.45, 7) is 0. The molecular formula is C15H11F6N5O. The summed E-state index contributed by atoms with van der Waals surface area (Å²) in [5, 5.41) is 0. The van der Waals surface area contributed by atoms with Crippen molar-refractivity contribution in [2.75, 3.05) is 19.1 Å². The molecule has 2 heterocycles. The second kappa shape index (κ2) is 6.28. The molecule has 3 aromatic rings. The van der Waals surface area contributed by atoms with Gasteiger partial charge in [0.2, 0.25) is 11.5 Å². The zero-order valence-electron chi connectivity index (χ0n) is 13.8. The Bertz CT molecular complexity index is 964. The van der Waals surface area contributed by atoms with E-state index in [1.54, 1.807) is 0 Å². The van der Waals surface area contributed by atoms with Crippen molar-refractivity contribution in [2.45, 2.75) is 12.4 Å². The number of aromatic amines is 1. The Balaban J connectivity index is 2.04. The van der Waals surface area contributed by atoms with Crippen LogP contribution in [0.1, 0.15) is 11.4 Å². The number of benzene rings is 1. The van der Waals surface area contributed by atoms with Crippen molar-refractivity contribution in [3.63, 3.8) is 0 Å². The highest BCUT2D eigenvalue weighted by atomic mass is 19.4. The Morgan fingerprint density at radius 1 is 0.926 bits per heavy atom. The fraction of sp³-hybridized carbons (Fsp3) is 0.267. The maximum absolute atomic E-state index is 12.8. The number of ether oxygens (including phenoxy) is 1. The lowest BCUT2D eigenvalue weighted by Gasteiger charge is -2.20. The Kier molecular flexibility index (Phi) is 4.36. The van der Waals surface area contributed by atoms with Gasteiger partial charge in [-0.1, -0.05) is 0 Å². The molecule has 0 radical (unpaired) electrons. The zero-order valence-corrected chi connectivity index (χ0v) is 13.8. The highest BCUT2D eigenvalue weighted by Gasteiger charge is 2.35. The molecule has 27 heavy (non-hydrogen) atoms. The lowest BCUT2D eigenvalue weighted by molar-refractivity contribution is -0.144. The van der Waals surface area contributed by atoms with Crippen molar-refractivity contribution in [1.29, 1.82) is 0 Å². The minimum atomic E-state index is -4.71. The van der Waals surface area contributed by atoms with Crippen LogP contribution in [-0.4, -0.2) is 34.1 Å². The quantitative estimate of drug-likeness (QED) is 0.679. The summed E-state index contributed by atoms with van der Waals surface area (Å²) in [4.78, 5) is 14.6. The van der Waals surface area contributed by atoms with Crippen LogP contribution in [0.4, 0.5) is 37.8 Å². The number of anilines is 2. The third-order valence-electron chi connectivity index (χ3n) is 3.64. The van der Waals surface area contributed by atoms with Gasteiger partial charge in [-0.25, -0.2) is 9.97 Å². The third kappa shape index (κ3) is 3.59. The number of fused-ring (bicyclic) bond motifs is 1.